The van der Waals surface area contributed by atoms with Crippen molar-refractivity contribution in [1.82, 2.24) is 0 Å². The largest absolute Gasteiger partial charge is 0.106 e. The van der Waals surface area contributed by atoms with Gasteiger partial charge in [-0.1, -0.05) is 58.6 Å². The fourth-order valence-corrected chi connectivity index (χ4v) is 1.49. The minimum atomic E-state index is 0.311. The Bertz CT molecular complexity index is 222. The highest BCUT2D eigenvalue weighted by Crippen LogP contribution is 2.31. The molecule has 1 unspecified atom stereocenters. The molecule has 80 valence electrons. The van der Waals surface area contributed by atoms with E-state index in [1.54, 1.807) is 0 Å². The Balaban J connectivity index is 4.14. The molecule has 0 aliphatic carbocycles. The number of allylic oxidation sites excluding steroid dienone is 2. The second-order valence-electron chi connectivity index (χ2n) is 4.54. The van der Waals surface area contributed by atoms with Crippen molar-refractivity contribution in [2.45, 2.75) is 53.9 Å². The Kier molecular flexibility index (Phi) is 6.37. The molecule has 0 saturated carbocycles. The minimum absolute atomic E-state index is 0.311. The lowest BCUT2D eigenvalue weighted by molar-refractivity contribution is 0.287. The second kappa shape index (κ2) is 6.71. The Labute approximate surface area is 89.8 Å². The van der Waals surface area contributed by atoms with Crippen LogP contribution in [0.5, 0.6) is 0 Å². The molecule has 0 aromatic rings. The molecule has 0 aromatic carbocycles. The van der Waals surface area contributed by atoms with Gasteiger partial charge >= 0.3 is 0 Å². The molecular formula is C14H24. The average molecular weight is 192 g/mol. The van der Waals surface area contributed by atoms with E-state index in [2.05, 4.69) is 51.7 Å². The average Bonchev–Trinajstić information content (AvgIpc) is 2.13. The van der Waals surface area contributed by atoms with Crippen molar-refractivity contribution in [3.05, 3.63) is 12.2 Å². The molecule has 0 aromatic heterocycles. The van der Waals surface area contributed by atoms with Crippen LogP contribution in [0.25, 0.3) is 0 Å². The third kappa shape index (κ3) is 5.12. The summed E-state index contributed by atoms with van der Waals surface area (Å²) in [5.41, 5.74) is 0.311. The highest BCUT2D eigenvalue weighted by Gasteiger charge is 2.21. The Morgan fingerprint density at radius 3 is 2.50 bits per heavy atom. The van der Waals surface area contributed by atoms with E-state index in [9.17, 15) is 0 Å². The van der Waals surface area contributed by atoms with Crippen molar-refractivity contribution < 1.29 is 0 Å². The first-order valence-corrected chi connectivity index (χ1v) is 5.62. The molecule has 0 N–H and O–H groups in total. The summed E-state index contributed by atoms with van der Waals surface area (Å²) in [7, 11) is 0. The number of rotatable bonds is 5. The third-order valence-electron chi connectivity index (χ3n) is 2.94. The highest BCUT2D eigenvalue weighted by atomic mass is 14.3. The molecule has 0 heteroatoms. The quantitative estimate of drug-likeness (QED) is 0.447. The standard InChI is InChI=1S/C14H24/c1-6-8-9-10-12-14(4,5)13(3)11-7-2/h10,12-13H,7,9,11H2,1-5H3. The van der Waals surface area contributed by atoms with Gasteiger partial charge in [-0.05, 0) is 18.3 Å². The zero-order chi connectivity index (χ0) is 11.0. The second-order valence-corrected chi connectivity index (χ2v) is 4.54. The molecule has 14 heavy (non-hydrogen) atoms. The molecule has 0 amide bonds. The summed E-state index contributed by atoms with van der Waals surface area (Å²) in [6.45, 7) is 11.1. The predicted octanol–water partition coefficient (Wildman–Crippen LogP) is 4.42. The van der Waals surface area contributed by atoms with Crippen LogP contribution in [0.1, 0.15) is 53.9 Å². The normalized spacial score (nSPS) is 13.8. The van der Waals surface area contributed by atoms with Crippen LogP contribution in [0.2, 0.25) is 0 Å². The van der Waals surface area contributed by atoms with Gasteiger partial charge in [0.05, 0.1) is 0 Å². The zero-order valence-corrected chi connectivity index (χ0v) is 10.4. The zero-order valence-electron chi connectivity index (χ0n) is 10.4. The number of hydrogen-bond donors (Lipinski definition) is 0. The Morgan fingerprint density at radius 2 is 2.00 bits per heavy atom. The lowest BCUT2D eigenvalue weighted by Crippen LogP contribution is -2.18. The van der Waals surface area contributed by atoms with Crippen molar-refractivity contribution in [2.24, 2.45) is 11.3 Å². The summed E-state index contributed by atoms with van der Waals surface area (Å²) in [6, 6.07) is 0. The first-order chi connectivity index (χ1) is 6.54. The van der Waals surface area contributed by atoms with E-state index in [0.29, 0.717) is 5.41 Å². The fraction of sp³-hybridized carbons (Fsp3) is 0.714. The molecule has 0 aliphatic heterocycles. The van der Waals surface area contributed by atoms with E-state index in [0.717, 1.165) is 12.3 Å². The maximum Gasteiger partial charge on any atom is 0.0269 e. The summed E-state index contributed by atoms with van der Waals surface area (Å²) in [5.74, 6) is 6.71. The molecule has 0 spiro atoms. The molecule has 0 nitrogen and oxygen atoms in total. The summed E-state index contributed by atoms with van der Waals surface area (Å²) < 4.78 is 0. The van der Waals surface area contributed by atoms with Gasteiger partial charge in [-0.25, -0.2) is 0 Å². The minimum Gasteiger partial charge on any atom is -0.106 e. The lowest BCUT2D eigenvalue weighted by atomic mass is 9.77. The monoisotopic (exact) mass is 192 g/mol. The first kappa shape index (κ1) is 13.3. The highest BCUT2D eigenvalue weighted by molar-refractivity contribution is 5.05. The Hall–Kier alpha value is -0.700. The maximum absolute atomic E-state index is 3.05. The summed E-state index contributed by atoms with van der Waals surface area (Å²) in [5, 5.41) is 0. The van der Waals surface area contributed by atoms with E-state index in [-0.39, 0.29) is 0 Å². The van der Waals surface area contributed by atoms with E-state index < -0.39 is 0 Å². The smallest absolute Gasteiger partial charge is 0.0269 e. The van der Waals surface area contributed by atoms with Crippen LogP contribution in [-0.4, -0.2) is 0 Å². The molecule has 0 rings (SSSR count). The molecule has 0 bridgehead atoms. The van der Waals surface area contributed by atoms with Crippen LogP contribution in [0.4, 0.5) is 0 Å². The fourth-order valence-electron chi connectivity index (χ4n) is 1.49. The van der Waals surface area contributed by atoms with Crippen LogP contribution >= 0.6 is 0 Å². The van der Waals surface area contributed by atoms with Crippen molar-refractivity contribution in [3.8, 4) is 11.8 Å². The Morgan fingerprint density at radius 1 is 1.36 bits per heavy atom. The SMILES string of the molecule is CC#CCC=CC(C)(C)C(C)CCC. The molecule has 1 atom stereocenters. The van der Waals surface area contributed by atoms with E-state index in [1.807, 2.05) is 6.92 Å². The lowest BCUT2D eigenvalue weighted by Gasteiger charge is -2.28. The topological polar surface area (TPSA) is 0 Å². The van der Waals surface area contributed by atoms with Crippen molar-refractivity contribution in [2.75, 3.05) is 0 Å². The van der Waals surface area contributed by atoms with Crippen LogP contribution in [-0.2, 0) is 0 Å². The summed E-state index contributed by atoms with van der Waals surface area (Å²) in [6.07, 6.45) is 7.98. The van der Waals surface area contributed by atoms with Crippen molar-refractivity contribution >= 4 is 0 Å². The molecule has 0 aliphatic rings. The maximum atomic E-state index is 3.05. The van der Waals surface area contributed by atoms with Crippen molar-refractivity contribution in [1.29, 1.82) is 0 Å². The molecule has 0 fully saturated rings. The van der Waals surface area contributed by atoms with Crippen LogP contribution < -0.4 is 0 Å². The molecule has 0 radical (unpaired) electrons. The van der Waals surface area contributed by atoms with Crippen molar-refractivity contribution in [3.63, 3.8) is 0 Å². The third-order valence-corrected chi connectivity index (χ3v) is 2.94. The van der Waals surface area contributed by atoms with Gasteiger partial charge in [0, 0.05) is 6.42 Å². The van der Waals surface area contributed by atoms with Gasteiger partial charge in [0.25, 0.3) is 0 Å². The van der Waals surface area contributed by atoms with Crippen LogP contribution in [0.3, 0.4) is 0 Å². The van der Waals surface area contributed by atoms with Gasteiger partial charge in [-0.3, -0.25) is 0 Å². The summed E-state index contributed by atoms with van der Waals surface area (Å²) >= 11 is 0. The molecular weight excluding hydrogens is 168 g/mol. The van der Waals surface area contributed by atoms with Gasteiger partial charge in [0.1, 0.15) is 0 Å². The van der Waals surface area contributed by atoms with Crippen LogP contribution in [0, 0.1) is 23.2 Å². The molecule has 0 saturated heterocycles. The first-order valence-electron chi connectivity index (χ1n) is 5.62. The van der Waals surface area contributed by atoms with Crippen LogP contribution in [0.15, 0.2) is 12.2 Å². The van der Waals surface area contributed by atoms with Gasteiger partial charge in [-0.2, -0.15) is 0 Å². The van der Waals surface area contributed by atoms with E-state index >= 15 is 0 Å². The molecule has 0 heterocycles. The van der Waals surface area contributed by atoms with Gasteiger partial charge in [-0.15, -0.1) is 5.92 Å². The summed E-state index contributed by atoms with van der Waals surface area (Å²) in [4.78, 5) is 0. The predicted molar refractivity (Wildman–Crippen MR) is 65.1 cm³/mol. The number of hydrogen-bond acceptors (Lipinski definition) is 0. The van der Waals surface area contributed by atoms with E-state index in [4.69, 9.17) is 0 Å². The van der Waals surface area contributed by atoms with Gasteiger partial charge in [0.2, 0.25) is 0 Å². The van der Waals surface area contributed by atoms with E-state index in [1.165, 1.54) is 12.8 Å². The van der Waals surface area contributed by atoms with Gasteiger partial charge in [0.15, 0.2) is 0 Å². The van der Waals surface area contributed by atoms with Gasteiger partial charge < -0.3 is 0 Å².